The lowest BCUT2D eigenvalue weighted by Gasteiger charge is -2.19. The second-order valence-corrected chi connectivity index (χ2v) is 9.52. The number of H-pyrrole nitrogens is 1. The van der Waals surface area contributed by atoms with Crippen molar-refractivity contribution in [3.8, 4) is 0 Å². The Morgan fingerprint density at radius 1 is 0.930 bits per heavy atom. The molecule has 5 aromatic rings. The smallest absolute Gasteiger partial charge is 0.338 e. The molecule has 0 spiro atoms. The Kier molecular flexibility index (Phi) is 7.39. The molecular formula is C31H25N5O7. The number of carbonyl (C=O) groups excluding carboxylic acids is 3. The fraction of sp³-hybridized carbons (Fsp3) is 0.161. The lowest BCUT2D eigenvalue weighted by atomic mass is 10.1. The van der Waals surface area contributed by atoms with Gasteiger partial charge >= 0.3 is 11.9 Å². The number of aromatic nitrogens is 4. The van der Waals surface area contributed by atoms with Crippen LogP contribution in [0.15, 0.2) is 102 Å². The highest BCUT2D eigenvalue weighted by Crippen LogP contribution is 2.33. The number of nitrogens with zero attached hydrogens (tertiary/aromatic N) is 3. The summed E-state index contributed by atoms with van der Waals surface area (Å²) in [5.41, 5.74) is 0.270. The zero-order valence-electron chi connectivity index (χ0n) is 23.5. The van der Waals surface area contributed by atoms with Crippen LogP contribution in [0.25, 0.3) is 11.2 Å². The number of nitrogens with one attached hydrogen (secondary N) is 2. The zero-order chi connectivity index (χ0) is 30.6. The molecule has 3 heterocycles. The average molecular weight is 581 g/mol. The maximum atomic E-state index is 13.0. The molecule has 12 nitrogen and oxygen atoms in total. The molecule has 1 amide bonds. The third-order valence-corrected chi connectivity index (χ3v) is 6.65. The van der Waals surface area contributed by atoms with Crippen LogP contribution in [0.2, 0.25) is 0 Å². The fourth-order valence-electron chi connectivity index (χ4n) is 4.52. The van der Waals surface area contributed by atoms with Crippen LogP contribution in [-0.4, -0.2) is 56.2 Å². The van der Waals surface area contributed by atoms with Gasteiger partial charge in [0.2, 0.25) is 5.95 Å². The predicted molar refractivity (Wildman–Crippen MR) is 153 cm³/mol. The summed E-state index contributed by atoms with van der Waals surface area (Å²) in [5, 5.41) is 2.56. The van der Waals surface area contributed by atoms with Crippen molar-refractivity contribution in [3.05, 3.63) is 124 Å². The van der Waals surface area contributed by atoms with Gasteiger partial charge in [0, 0.05) is 13.3 Å². The molecule has 1 fully saturated rings. The van der Waals surface area contributed by atoms with E-state index in [-0.39, 0.29) is 29.3 Å². The van der Waals surface area contributed by atoms with E-state index in [4.69, 9.17) is 15.6 Å². The van der Waals surface area contributed by atoms with E-state index >= 15 is 0 Å². The Hall–Kier alpha value is -5.62. The van der Waals surface area contributed by atoms with E-state index in [1.54, 1.807) is 91.0 Å². The maximum absolute atomic E-state index is 13.0. The van der Waals surface area contributed by atoms with E-state index in [1.807, 2.05) is 0 Å². The van der Waals surface area contributed by atoms with Crippen molar-refractivity contribution in [3.63, 3.8) is 0 Å². The molecule has 1 aliphatic heterocycles. The van der Waals surface area contributed by atoms with E-state index in [0.29, 0.717) is 11.1 Å². The van der Waals surface area contributed by atoms with E-state index in [2.05, 4.69) is 20.3 Å². The molecular weight excluding hydrogens is 554 g/mol. The summed E-state index contributed by atoms with van der Waals surface area (Å²) in [6.07, 6.45) is -3.34. The molecule has 2 N–H and O–H groups in total. The molecule has 6 rings (SSSR count). The van der Waals surface area contributed by atoms with Crippen LogP contribution in [0.1, 0.15) is 45.1 Å². The molecule has 4 atom stereocenters. The first-order chi connectivity index (χ1) is 21.4. The van der Waals surface area contributed by atoms with Crippen molar-refractivity contribution in [2.75, 3.05) is 11.9 Å². The van der Waals surface area contributed by atoms with Crippen LogP contribution < -0.4 is 10.9 Å². The number of carbonyl (C=O) groups is 3. The van der Waals surface area contributed by atoms with Gasteiger partial charge < -0.3 is 14.2 Å². The maximum Gasteiger partial charge on any atom is 0.338 e. The monoisotopic (exact) mass is 580 g/mol. The first kappa shape index (κ1) is 26.3. The van der Waals surface area contributed by atoms with E-state index in [9.17, 15) is 19.2 Å². The van der Waals surface area contributed by atoms with Crippen molar-refractivity contribution >= 4 is 35.0 Å². The minimum absolute atomic E-state index is 0.0226. The summed E-state index contributed by atoms with van der Waals surface area (Å²) in [6, 6.07) is 25.0. The average Bonchev–Trinajstić information content (AvgIpc) is 3.61. The lowest BCUT2D eigenvalue weighted by molar-refractivity contribution is -0.0563. The molecule has 0 radical (unpaired) electrons. The Bertz CT molecular complexity index is 1860. The SMILES string of the molecule is [2H]C1[C@H](n2cnc3c(=O)[nH]c(NC(=O)c4ccccc4)nc32)O[C@H](COC(=O)c2ccccc2)[C@H]1OC(=O)c1ccccc1. The fourth-order valence-corrected chi connectivity index (χ4v) is 4.52. The van der Waals surface area contributed by atoms with Crippen LogP contribution in [-0.2, 0) is 14.2 Å². The van der Waals surface area contributed by atoms with Crippen molar-refractivity contribution in [1.82, 2.24) is 19.5 Å². The number of hydrogen-bond acceptors (Lipinski definition) is 9. The number of imidazole rings is 1. The van der Waals surface area contributed by atoms with Gasteiger partial charge in [0.15, 0.2) is 11.2 Å². The van der Waals surface area contributed by atoms with Gasteiger partial charge in [0.1, 0.15) is 25.0 Å². The molecule has 12 heteroatoms. The summed E-state index contributed by atoms with van der Waals surface area (Å²) >= 11 is 0. The Labute approximate surface area is 245 Å². The van der Waals surface area contributed by atoms with Crippen LogP contribution in [0.4, 0.5) is 5.95 Å². The third kappa shape index (κ3) is 6.04. The quantitative estimate of drug-likeness (QED) is 0.261. The summed E-state index contributed by atoms with van der Waals surface area (Å²) < 4.78 is 27.7. The van der Waals surface area contributed by atoms with E-state index in [0.717, 1.165) is 0 Å². The Morgan fingerprint density at radius 2 is 1.53 bits per heavy atom. The van der Waals surface area contributed by atoms with Crippen LogP contribution in [0.3, 0.4) is 0 Å². The van der Waals surface area contributed by atoms with E-state index < -0.39 is 48.2 Å². The van der Waals surface area contributed by atoms with Crippen molar-refractivity contribution < 1.29 is 30.0 Å². The lowest BCUT2D eigenvalue weighted by Crippen LogP contribution is -2.32. The van der Waals surface area contributed by atoms with Gasteiger partial charge in [-0.3, -0.25) is 24.5 Å². The van der Waals surface area contributed by atoms with Crippen LogP contribution >= 0.6 is 0 Å². The summed E-state index contributed by atoms with van der Waals surface area (Å²) in [5.74, 6) is -1.94. The third-order valence-electron chi connectivity index (χ3n) is 6.65. The Morgan fingerprint density at radius 3 is 2.19 bits per heavy atom. The molecule has 1 aliphatic rings. The number of fused-ring (bicyclic) bond motifs is 1. The first-order valence-electron chi connectivity index (χ1n) is 13.9. The van der Waals surface area contributed by atoms with Crippen molar-refractivity contribution in [1.29, 1.82) is 0 Å². The number of rotatable bonds is 8. The molecule has 0 bridgehead atoms. The standard InChI is InChI=1S/C31H25N5O7/c37-27(19-10-4-1-5-11-19)34-31-33-26-25(28(38)35-31)32-18-36(26)24-16-22(43-30(40)21-14-8-3-9-15-21)23(42-24)17-41-29(39)20-12-6-2-7-13-20/h1-15,18,22-24H,16-17H2,(H2,33,34,35,37,38)/t22-,23+,24+/m0/s1/i16D/t16?,22-,23+,24+. The van der Waals surface area contributed by atoms with Gasteiger partial charge in [-0.05, 0) is 36.4 Å². The topological polar surface area (TPSA) is 154 Å². The highest BCUT2D eigenvalue weighted by atomic mass is 16.6. The van der Waals surface area contributed by atoms with Crippen LogP contribution in [0, 0.1) is 0 Å². The van der Waals surface area contributed by atoms with Crippen molar-refractivity contribution in [2.24, 2.45) is 0 Å². The van der Waals surface area contributed by atoms with Gasteiger partial charge in [0.05, 0.1) is 17.5 Å². The molecule has 2 aromatic heterocycles. The number of benzene rings is 3. The molecule has 0 aliphatic carbocycles. The second kappa shape index (κ2) is 12.1. The molecule has 1 unspecified atom stereocenters. The Balaban J connectivity index is 1.28. The van der Waals surface area contributed by atoms with Gasteiger partial charge in [-0.1, -0.05) is 54.6 Å². The number of anilines is 1. The highest BCUT2D eigenvalue weighted by Gasteiger charge is 2.41. The largest absolute Gasteiger partial charge is 0.459 e. The minimum atomic E-state index is -1.25. The second-order valence-electron chi connectivity index (χ2n) is 9.52. The molecule has 1 saturated heterocycles. The molecule has 43 heavy (non-hydrogen) atoms. The van der Waals surface area contributed by atoms with Gasteiger partial charge in [-0.2, -0.15) is 4.98 Å². The predicted octanol–water partition coefficient (Wildman–Crippen LogP) is 3.74. The first-order valence-corrected chi connectivity index (χ1v) is 13.3. The number of amides is 1. The summed E-state index contributed by atoms with van der Waals surface area (Å²) in [7, 11) is 0. The van der Waals surface area contributed by atoms with Gasteiger partial charge in [0.25, 0.3) is 11.5 Å². The normalized spacial score (nSPS) is 19.9. The molecule has 0 saturated carbocycles. The number of esters is 2. The number of ether oxygens (including phenoxy) is 3. The number of hydrogen-bond donors (Lipinski definition) is 2. The highest BCUT2D eigenvalue weighted by molar-refractivity contribution is 6.03. The minimum Gasteiger partial charge on any atom is -0.459 e. The van der Waals surface area contributed by atoms with Crippen molar-refractivity contribution in [2.45, 2.75) is 24.8 Å². The molecule has 3 aromatic carbocycles. The molecule has 216 valence electrons. The van der Waals surface area contributed by atoms with Crippen LogP contribution in [0.5, 0.6) is 0 Å². The zero-order valence-corrected chi connectivity index (χ0v) is 22.5. The summed E-state index contributed by atoms with van der Waals surface area (Å²) in [6.45, 7) is -0.328. The van der Waals surface area contributed by atoms with Gasteiger partial charge in [-0.15, -0.1) is 0 Å². The van der Waals surface area contributed by atoms with Gasteiger partial charge in [-0.25, -0.2) is 14.6 Å². The summed E-state index contributed by atoms with van der Waals surface area (Å²) in [4.78, 5) is 62.1. The number of aromatic amines is 1. The van der Waals surface area contributed by atoms with E-state index in [1.165, 1.54) is 10.9 Å².